The van der Waals surface area contributed by atoms with E-state index in [4.69, 9.17) is 18.5 Å². The first kappa shape index (κ1) is 55.9. The van der Waals surface area contributed by atoms with Crippen molar-refractivity contribution in [3.8, 4) is 0 Å². The number of rotatable bonds is 40. The second kappa shape index (κ2) is 37.9. The highest BCUT2D eigenvalue weighted by molar-refractivity contribution is 7.47. The van der Waals surface area contributed by atoms with Crippen molar-refractivity contribution < 1.29 is 52.3 Å². The van der Waals surface area contributed by atoms with Gasteiger partial charge in [-0.3, -0.25) is 18.6 Å². The van der Waals surface area contributed by atoms with Crippen LogP contribution < -0.4 is 0 Å². The van der Waals surface area contributed by atoms with Crippen molar-refractivity contribution >= 4 is 19.8 Å². The number of ether oxygens (including phenoxy) is 2. The third kappa shape index (κ3) is 39.4. The Morgan fingerprint density at radius 2 is 1.10 bits per heavy atom. The lowest BCUT2D eigenvalue weighted by molar-refractivity contribution is -0.870. The molecule has 0 aromatic heterocycles. The molecule has 3 unspecified atom stereocenters. The Bertz CT molecular complexity index is 1170. The molecule has 0 heterocycles. The molecule has 0 aliphatic carbocycles. The minimum Gasteiger partial charge on any atom is -0.462 e. The topological polar surface area (TPSA) is 149 Å². The van der Waals surface area contributed by atoms with E-state index >= 15 is 0 Å². The minimum absolute atomic E-state index is 0.0224. The molecule has 338 valence electrons. The van der Waals surface area contributed by atoms with Crippen LogP contribution >= 0.6 is 7.82 Å². The maximum Gasteiger partial charge on any atom is 0.472 e. The molecule has 0 amide bonds. The lowest BCUT2D eigenvalue weighted by atomic mass is 10.0. The Morgan fingerprint density at radius 1 is 0.603 bits per heavy atom. The predicted molar refractivity (Wildman–Crippen MR) is 236 cm³/mol. The number of phosphoric acid groups is 1. The Balaban J connectivity index is 4.61. The minimum atomic E-state index is -4.46. The van der Waals surface area contributed by atoms with Gasteiger partial charge < -0.3 is 29.1 Å². The number of carbonyl (C=O) groups excluding carboxylic acids is 2. The molecule has 0 spiro atoms. The van der Waals surface area contributed by atoms with Crippen LogP contribution in [0.5, 0.6) is 0 Å². The molecular formula is C46H85NO10P+. The zero-order valence-electron chi connectivity index (χ0n) is 37.2. The first-order chi connectivity index (χ1) is 27.8. The van der Waals surface area contributed by atoms with E-state index in [-0.39, 0.29) is 45.3 Å². The highest BCUT2D eigenvalue weighted by Gasteiger charge is 2.27. The molecule has 0 aromatic carbocycles. The van der Waals surface area contributed by atoms with Gasteiger partial charge in [0.1, 0.15) is 19.8 Å². The van der Waals surface area contributed by atoms with Crippen LogP contribution in [0, 0.1) is 0 Å². The third-order valence-corrected chi connectivity index (χ3v) is 10.5. The number of aliphatic hydroxyl groups is 2. The number of hydrogen-bond donors (Lipinski definition) is 3. The molecular weight excluding hydrogens is 757 g/mol. The highest BCUT2D eigenvalue weighted by Crippen LogP contribution is 2.43. The standard InChI is InChI=1S/C46H84NO10P/c1-6-8-10-12-14-16-18-20-21-22-24-26-28-30-32-36-45(50)54-40-42(41-56-58(52,53)55-39-38-47(3,4)5)57-46(51)37-33-35-44(49)43(48)34-31-29-27-25-23-19-17-15-13-11-9-7-2/h15-18,23,25,29,31,42-44,48-49H,6-14,19-22,24,26-28,30,32-41H2,1-5H3/p+1/b17-15-,18-16-,25-23-,31-29-/t42-,43?,44?/m1/s1. The zero-order valence-corrected chi connectivity index (χ0v) is 38.1. The van der Waals surface area contributed by atoms with E-state index < -0.39 is 44.7 Å². The molecule has 3 N–H and O–H groups in total. The Hall–Kier alpha value is -2.11. The summed E-state index contributed by atoms with van der Waals surface area (Å²) >= 11 is 0. The summed E-state index contributed by atoms with van der Waals surface area (Å²) in [5, 5.41) is 20.8. The molecule has 0 aliphatic heterocycles. The highest BCUT2D eigenvalue weighted by atomic mass is 31.2. The predicted octanol–water partition coefficient (Wildman–Crippen LogP) is 10.6. The van der Waals surface area contributed by atoms with E-state index in [9.17, 15) is 29.3 Å². The molecule has 11 nitrogen and oxygen atoms in total. The fourth-order valence-corrected chi connectivity index (χ4v) is 6.56. The number of carbonyl (C=O) groups is 2. The van der Waals surface area contributed by atoms with Crippen molar-refractivity contribution in [2.45, 2.75) is 186 Å². The fourth-order valence-electron chi connectivity index (χ4n) is 5.82. The molecule has 58 heavy (non-hydrogen) atoms. The molecule has 0 bridgehead atoms. The Labute approximate surface area is 353 Å². The summed E-state index contributed by atoms with van der Waals surface area (Å²) in [5.74, 6) is -1.09. The third-order valence-electron chi connectivity index (χ3n) is 9.53. The number of esters is 2. The van der Waals surface area contributed by atoms with Gasteiger partial charge in [-0.25, -0.2) is 4.57 Å². The smallest absolute Gasteiger partial charge is 0.462 e. The molecule has 4 atom stereocenters. The second-order valence-electron chi connectivity index (χ2n) is 16.4. The second-order valence-corrected chi connectivity index (χ2v) is 17.8. The summed E-state index contributed by atoms with van der Waals surface area (Å²) in [6, 6.07) is 0. The van der Waals surface area contributed by atoms with Crippen LogP contribution in [-0.2, 0) is 32.7 Å². The summed E-state index contributed by atoms with van der Waals surface area (Å²) in [6.07, 6.45) is 36.1. The van der Waals surface area contributed by atoms with Crippen LogP contribution in [0.2, 0.25) is 0 Å². The number of quaternary nitrogens is 1. The molecule has 12 heteroatoms. The first-order valence-electron chi connectivity index (χ1n) is 22.5. The van der Waals surface area contributed by atoms with Crippen molar-refractivity contribution in [1.82, 2.24) is 0 Å². The van der Waals surface area contributed by atoms with Gasteiger partial charge in [-0.05, 0) is 77.0 Å². The van der Waals surface area contributed by atoms with Crippen molar-refractivity contribution in [3.63, 3.8) is 0 Å². The van der Waals surface area contributed by atoms with Gasteiger partial charge in [0, 0.05) is 12.8 Å². The average Bonchev–Trinajstić information content (AvgIpc) is 3.17. The molecule has 0 radical (unpaired) electrons. The summed E-state index contributed by atoms with van der Waals surface area (Å²) in [5.41, 5.74) is 0. The number of phosphoric ester groups is 1. The first-order valence-corrected chi connectivity index (χ1v) is 24.0. The van der Waals surface area contributed by atoms with E-state index in [1.165, 1.54) is 70.6 Å². The van der Waals surface area contributed by atoms with E-state index in [0.717, 1.165) is 44.9 Å². The number of nitrogens with zero attached hydrogens (tertiary/aromatic N) is 1. The number of allylic oxidation sites excluding steroid dienone is 7. The lowest BCUT2D eigenvalue weighted by Gasteiger charge is -2.24. The summed E-state index contributed by atoms with van der Waals surface area (Å²) in [7, 11) is 1.29. The van der Waals surface area contributed by atoms with E-state index in [0.29, 0.717) is 17.4 Å². The van der Waals surface area contributed by atoms with Gasteiger partial charge in [-0.15, -0.1) is 0 Å². The summed E-state index contributed by atoms with van der Waals surface area (Å²) in [6.45, 7) is 4.03. The van der Waals surface area contributed by atoms with Crippen LogP contribution in [-0.4, -0.2) is 97.3 Å². The largest absolute Gasteiger partial charge is 0.472 e. The van der Waals surface area contributed by atoms with Gasteiger partial charge in [0.05, 0.1) is 40.0 Å². The van der Waals surface area contributed by atoms with Crippen LogP contribution in [0.1, 0.15) is 168 Å². The van der Waals surface area contributed by atoms with Crippen LogP contribution in [0.3, 0.4) is 0 Å². The molecule has 0 rings (SSSR count). The van der Waals surface area contributed by atoms with Crippen molar-refractivity contribution in [3.05, 3.63) is 48.6 Å². The fraction of sp³-hybridized carbons (Fsp3) is 0.783. The SMILES string of the molecule is CCCCC/C=C\C/C=C\C/C=C\CC(O)C(O)CCCC(=O)O[C@H](COC(=O)CCCCCCCCC/C=C\CCCCCC)COP(=O)(O)OCC[N+](C)(C)C. The van der Waals surface area contributed by atoms with Crippen LogP contribution in [0.4, 0.5) is 0 Å². The van der Waals surface area contributed by atoms with Crippen molar-refractivity contribution in [1.29, 1.82) is 0 Å². The van der Waals surface area contributed by atoms with Gasteiger partial charge in [0.15, 0.2) is 6.10 Å². The quantitative estimate of drug-likeness (QED) is 0.0179. The van der Waals surface area contributed by atoms with Gasteiger partial charge in [0.25, 0.3) is 0 Å². The van der Waals surface area contributed by atoms with E-state index in [1.54, 1.807) is 0 Å². The molecule has 0 saturated heterocycles. The Morgan fingerprint density at radius 3 is 1.72 bits per heavy atom. The molecule has 0 saturated carbocycles. The van der Waals surface area contributed by atoms with Crippen LogP contribution in [0.25, 0.3) is 0 Å². The Kier molecular flexibility index (Phi) is 36.5. The maximum atomic E-state index is 12.7. The van der Waals surface area contributed by atoms with Crippen molar-refractivity contribution in [2.75, 3.05) is 47.5 Å². The number of likely N-dealkylation sites (N-methyl/N-ethyl adjacent to an activating group) is 1. The number of hydrogen-bond acceptors (Lipinski definition) is 9. The summed E-state index contributed by atoms with van der Waals surface area (Å²) in [4.78, 5) is 35.4. The zero-order chi connectivity index (χ0) is 43.2. The van der Waals surface area contributed by atoms with Gasteiger partial charge in [-0.1, -0.05) is 127 Å². The van der Waals surface area contributed by atoms with E-state index in [2.05, 4.69) is 50.3 Å². The lowest BCUT2D eigenvalue weighted by Crippen LogP contribution is -2.37. The van der Waals surface area contributed by atoms with E-state index in [1.807, 2.05) is 33.3 Å². The van der Waals surface area contributed by atoms with Gasteiger partial charge in [0.2, 0.25) is 0 Å². The van der Waals surface area contributed by atoms with Gasteiger partial charge >= 0.3 is 19.8 Å². The number of aliphatic hydroxyl groups excluding tert-OH is 2. The molecule has 0 aromatic rings. The van der Waals surface area contributed by atoms with Crippen LogP contribution in [0.15, 0.2) is 48.6 Å². The summed E-state index contributed by atoms with van der Waals surface area (Å²) < 4.78 is 34.1. The average molecular weight is 843 g/mol. The normalized spacial score (nSPS) is 15.1. The number of unbranched alkanes of at least 4 members (excludes halogenated alkanes) is 14. The monoisotopic (exact) mass is 843 g/mol. The maximum absolute atomic E-state index is 12.7. The molecule has 0 fully saturated rings. The van der Waals surface area contributed by atoms with Crippen molar-refractivity contribution in [2.24, 2.45) is 0 Å². The van der Waals surface area contributed by atoms with Gasteiger partial charge in [-0.2, -0.15) is 0 Å². The molecule has 0 aliphatic rings.